The van der Waals surface area contributed by atoms with E-state index in [0.717, 1.165) is 11.4 Å². The number of nitrogens with one attached hydrogen (secondary N) is 1. The normalized spacial score (nSPS) is 11.3. The van der Waals surface area contributed by atoms with Crippen LogP contribution in [0, 0.1) is 11.3 Å². The van der Waals surface area contributed by atoms with Crippen LogP contribution in [-0.4, -0.2) is 16.6 Å². The van der Waals surface area contributed by atoms with Gasteiger partial charge in [-0.1, -0.05) is 11.6 Å². The molecular formula is C14H15ClN4. The third-order valence-electron chi connectivity index (χ3n) is 3.24. The van der Waals surface area contributed by atoms with E-state index in [4.69, 9.17) is 16.9 Å². The number of halogens is 1. The van der Waals surface area contributed by atoms with Crippen LogP contribution in [0.25, 0.3) is 5.69 Å². The molecule has 0 fully saturated rings. The van der Waals surface area contributed by atoms with E-state index in [-0.39, 0.29) is 5.54 Å². The van der Waals surface area contributed by atoms with Gasteiger partial charge in [0.15, 0.2) is 0 Å². The van der Waals surface area contributed by atoms with E-state index in [1.54, 1.807) is 18.5 Å². The summed E-state index contributed by atoms with van der Waals surface area (Å²) in [6.45, 7) is 4.14. The van der Waals surface area contributed by atoms with Crippen LogP contribution < -0.4 is 5.32 Å². The van der Waals surface area contributed by atoms with Gasteiger partial charge in [-0.2, -0.15) is 5.26 Å². The zero-order valence-electron chi connectivity index (χ0n) is 11.1. The first kappa shape index (κ1) is 13.6. The lowest BCUT2D eigenvalue weighted by Gasteiger charge is -2.25. The van der Waals surface area contributed by atoms with Gasteiger partial charge in [0.25, 0.3) is 0 Å². The van der Waals surface area contributed by atoms with E-state index in [1.165, 1.54) is 0 Å². The van der Waals surface area contributed by atoms with Gasteiger partial charge in [-0.15, -0.1) is 0 Å². The second-order valence-corrected chi connectivity index (χ2v) is 5.21. The van der Waals surface area contributed by atoms with Crippen molar-refractivity contribution >= 4 is 11.6 Å². The lowest BCUT2D eigenvalue weighted by molar-refractivity contribution is 0.425. The monoisotopic (exact) mass is 274 g/mol. The summed E-state index contributed by atoms with van der Waals surface area (Å²) in [7, 11) is 1.90. The van der Waals surface area contributed by atoms with Gasteiger partial charge in [-0.25, -0.2) is 4.98 Å². The molecule has 19 heavy (non-hydrogen) atoms. The number of benzene rings is 1. The molecule has 0 saturated heterocycles. The number of hydrogen-bond acceptors (Lipinski definition) is 3. The minimum absolute atomic E-state index is 0.228. The molecule has 1 N–H and O–H groups in total. The molecule has 0 bridgehead atoms. The average Bonchev–Trinajstić information content (AvgIpc) is 2.88. The first-order valence-electron chi connectivity index (χ1n) is 5.91. The second-order valence-electron chi connectivity index (χ2n) is 4.80. The Bertz CT molecular complexity index is 637. The SMILES string of the molecule is CNC(C)(C)c1cncn1-c1ccc(C#N)cc1Cl. The molecular weight excluding hydrogens is 260 g/mol. The molecule has 1 aromatic heterocycles. The van der Waals surface area contributed by atoms with Gasteiger partial charge in [-0.05, 0) is 39.1 Å². The molecule has 4 nitrogen and oxygen atoms in total. The van der Waals surface area contributed by atoms with E-state index in [1.807, 2.05) is 23.9 Å². The van der Waals surface area contributed by atoms with E-state index >= 15 is 0 Å². The Balaban J connectivity index is 2.56. The van der Waals surface area contributed by atoms with Gasteiger partial charge in [0.05, 0.1) is 46.1 Å². The van der Waals surface area contributed by atoms with Gasteiger partial charge >= 0.3 is 0 Å². The van der Waals surface area contributed by atoms with E-state index in [0.29, 0.717) is 10.6 Å². The summed E-state index contributed by atoms with van der Waals surface area (Å²) in [4.78, 5) is 4.20. The van der Waals surface area contributed by atoms with Gasteiger partial charge in [0.1, 0.15) is 0 Å². The summed E-state index contributed by atoms with van der Waals surface area (Å²) in [6.07, 6.45) is 3.53. The van der Waals surface area contributed by atoms with Gasteiger partial charge in [-0.3, -0.25) is 4.57 Å². The summed E-state index contributed by atoms with van der Waals surface area (Å²) in [5.41, 5.74) is 2.13. The van der Waals surface area contributed by atoms with E-state index in [2.05, 4.69) is 30.2 Å². The summed E-state index contributed by atoms with van der Waals surface area (Å²) in [5, 5.41) is 12.6. The van der Waals surface area contributed by atoms with Crippen LogP contribution in [0.15, 0.2) is 30.7 Å². The molecule has 98 valence electrons. The smallest absolute Gasteiger partial charge is 0.0995 e. The molecule has 0 aliphatic carbocycles. The predicted octanol–water partition coefficient (Wildman–Crippen LogP) is 2.85. The van der Waals surface area contributed by atoms with Crippen LogP contribution in [-0.2, 0) is 5.54 Å². The van der Waals surface area contributed by atoms with Crippen molar-refractivity contribution in [3.63, 3.8) is 0 Å². The topological polar surface area (TPSA) is 53.6 Å². The predicted molar refractivity (Wildman–Crippen MR) is 75.4 cm³/mol. The molecule has 5 heteroatoms. The lowest BCUT2D eigenvalue weighted by atomic mass is 10.0. The van der Waals surface area contributed by atoms with Crippen molar-refractivity contribution in [3.05, 3.63) is 47.0 Å². The van der Waals surface area contributed by atoms with Crippen molar-refractivity contribution in [2.45, 2.75) is 19.4 Å². The summed E-state index contributed by atoms with van der Waals surface area (Å²) < 4.78 is 1.93. The number of nitriles is 1. The number of imidazole rings is 1. The first-order valence-corrected chi connectivity index (χ1v) is 6.29. The molecule has 0 unspecified atom stereocenters. The Morgan fingerprint density at radius 1 is 1.42 bits per heavy atom. The third kappa shape index (κ3) is 2.48. The quantitative estimate of drug-likeness (QED) is 0.936. The van der Waals surface area contributed by atoms with Crippen LogP contribution in [0.5, 0.6) is 0 Å². The van der Waals surface area contributed by atoms with Crippen LogP contribution in [0.2, 0.25) is 5.02 Å². The maximum atomic E-state index is 8.87. The Hall–Kier alpha value is -1.83. The third-order valence-corrected chi connectivity index (χ3v) is 3.54. The van der Waals surface area contributed by atoms with E-state index < -0.39 is 0 Å². The molecule has 0 atom stereocenters. The largest absolute Gasteiger partial charge is 0.310 e. The van der Waals surface area contributed by atoms with Crippen LogP contribution in [0.4, 0.5) is 0 Å². The zero-order chi connectivity index (χ0) is 14.0. The molecule has 1 heterocycles. The summed E-state index contributed by atoms with van der Waals surface area (Å²) >= 11 is 6.24. The maximum Gasteiger partial charge on any atom is 0.0995 e. The van der Waals surface area contributed by atoms with Crippen LogP contribution >= 0.6 is 11.6 Å². The molecule has 0 spiro atoms. The fourth-order valence-corrected chi connectivity index (χ4v) is 2.12. The van der Waals surface area contributed by atoms with Crippen molar-refractivity contribution in [2.75, 3.05) is 7.05 Å². The van der Waals surface area contributed by atoms with Crippen molar-refractivity contribution in [3.8, 4) is 11.8 Å². The van der Waals surface area contributed by atoms with Gasteiger partial charge in [0.2, 0.25) is 0 Å². The Labute approximate surface area is 117 Å². The number of hydrogen-bond donors (Lipinski definition) is 1. The molecule has 2 rings (SSSR count). The number of nitrogens with zero attached hydrogens (tertiary/aromatic N) is 3. The van der Waals surface area contributed by atoms with Crippen LogP contribution in [0.1, 0.15) is 25.1 Å². The lowest BCUT2D eigenvalue weighted by Crippen LogP contribution is -2.35. The second kappa shape index (κ2) is 5.04. The highest BCUT2D eigenvalue weighted by Gasteiger charge is 2.23. The van der Waals surface area contributed by atoms with Crippen molar-refractivity contribution in [1.29, 1.82) is 5.26 Å². The Morgan fingerprint density at radius 3 is 2.74 bits per heavy atom. The van der Waals surface area contributed by atoms with Crippen molar-refractivity contribution < 1.29 is 0 Å². The maximum absolute atomic E-state index is 8.87. The highest BCUT2D eigenvalue weighted by molar-refractivity contribution is 6.32. The van der Waals surface area contributed by atoms with Crippen LogP contribution in [0.3, 0.4) is 0 Å². The molecule has 0 aliphatic rings. The molecule has 1 aromatic carbocycles. The Morgan fingerprint density at radius 2 is 2.16 bits per heavy atom. The minimum Gasteiger partial charge on any atom is -0.310 e. The fourth-order valence-electron chi connectivity index (χ4n) is 1.85. The molecule has 0 saturated carbocycles. The van der Waals surface area contributed by atoms with Crippen molar-refractivity contribution in [1.82, 2.24) is 14.9 Å². The molecule has 0 aliphatic heterocycles. The number of rotatable bonds is 3. The number of aromatic nitrogens is 2. The summed E-state index contributed by atoms with van der Waals surface area (Å²) in [5.74, 6) is 0. The minimum atomic E-state index is -0.228. The Kier molecular flexibility index (Phi) is 3.61. The van der Waals surface area contributed by atoms with Gasteiger partial charge < -0.3 is 5.32 Å². The van der Waals surface area contributed by atoms with Crippen molar-refractivity contribution in [2.24, 2.45) is 0 Å². The summed E-state index contributed by atoms with van der Waals surface area (Å²) in [6, 6.07) is 7.31. The first-order chi connectivity index (χ1) is 8.99. The molecule has 0 amide bonds. The highest BCUT2D eigenvalue weighted by atomic mass is 35.5. The average molecular weight is 275 g/mol. The van der Waals surface area contributed by atoms with Gasteiger partial charge in [0, 0.05) is 0 Å². The van der Waals surface area contributed by atoms with E-state index in [9.17, 15) is 0 Å². The standard InChI is InChI=1S/C14H15ClN4/c1-14(2,17-3)13-8-18-9-19(13)12-5-4-10(7-16)6-11(12)15/h4-6,8-9,17H,1-3H3. The molecule has 0 radical (unpaired) electrons. The zero-order valence-corrected chi connectivity index (χ0v) is 11.9. The molecule has 2 aromatic rings. The highest BCUT2D eigenvalue weighted by Crippen LogP contribution is 2.27. The fraction of sp³-hybridized carbons (Fsp3) is 0.286.